The highest BCUT2D eigenvalue weighted by molar-refractivity contribution is 7.17. The molecule has 0 aliphatic rings. The van der Waals surface area contributed by atoms with Crippen molar-refractivity contribution in [1.82, 2.24) is 10.3 Å². The summed E-state index contributed by atoms with van der Waals surface area (Å²) in [7, 11) is 0. The van der Waals surface area contributed by atoms with E-state index in [9.17, 15) is 22.4 Å². The molecule has 0 unspecified atom stereocenters. The summed E-state index contributed by atoms with van der Waals surface area (Å²) in [6, 6.07) is 3.94. The van der Waals surface area contributed by atoms with E-state index in [-0.39, 0.29) is 22.3 Å². The summed E-state index contributed by atoms with van der Waals surface area (Å²) in [4.78, 5) is 14.3. The zero-order chi connectivity index (χ0) is 16.5. The SMILES string of the molecule is Nc1nc(C(F)(F)F)c(C(=O)NCc2cccc(F)c2Cl)s1. The second-order valence-corrected chi connectivity index (χ2v) is 5.53. The van der Waals surface area contributed by atoms with E-state index in [2.05, 4.69) is 10.3 Å². The number of carbonyl (C=O) groups excluding carboxylic acids is 1. The van der Waals surface area contributed by atoms with Crippen LogP contribution >= 0.6 is 22.9 Å². The number of rotatable bonds is 3. The molecule has 4 nitrogen and oxygen atoms in total. The van der Waals surface area contributed by atoms with Gasteiger partial charge in [-0.3, -0.25) is 4.79 Å². The molecule has 1 amide bonds. The number of carbonyl (C=O) groups is 1. The number of halogens is 5. The van der Waals surface area contributed by atoms with Crippen LogP contribution in [-0.4, -0.2) is 10.9 Å². The van der Waals surface area contributed by atoms with Gasteiger partial charge < -0.3 is 11.1 Å². The Morgan fingerprint density at radius 2 is 2.09 bits per heavy atom. The van der Waals surface area contributed by atoms with Crippen LogP contribution in [0.3, 0.4) is 0 Å². The summed E-state index contributed by atoms with van der Waals surface area (Å²) in [6.45, 7) is -0.232. The lowest BCUT2D eigenvalue weighted by Gasteiger charge is -2.08. The van der Waals surface area contributed by atoms with Gasteiger partial charge in [-0.25, -0.2) is 9.37 Å². The standard InChI is InChI=1S/C12H8ClF4N3OS/c13-7-5(2-1-3-6(7)14)4-19-10(21)8-9(12(15,16)17)20-11(18)22-8/h1-3H,4H2,(H2,18,20)(H,19,21). The van der Waals surface area contributed by atoms with Crippen molar-refractivity contribution >= 4 is 34.0 Å². The van der Waals surface area contributed by atoms with Gasteiger partial charge in [0.15, 0.2) is 10.8 Å². The fourth-order valence-electron chi connectivity index (χ4n) is 1.62. The molecular weight excluding hydrogens is 346 g/mol. The first-order valence-corrected chi connectivity index (χ1v) is 6.94. The first kappa shape index (κ1) is 16.5. The van der Waals surface area contributed by atoms with Crippen LogP contribution in [0.2, 0.25) is 5.02 Å². The van der Waals surface area contributed by atoms with E-state index < -0.39 is 28.5 Å². The molecular formula is C12H8ClF4N3OS. The van der Waals surface area contributed by atoms with E-state index in [1.54, 1.807) is 0 Å². The number of nitrogens with one attached hydrogen (secondary N) is 1. The number of alkyl halides is 3. The maximum Gasteiger partial charge on any atom is 0.435 e. The molecule has 0 aliphatic carbocycles. The molecule has 2 rings (SSSR count). The van der Waals surface area contributed by atoms with Gasteiger partial charge >= 0.3 is 6.18 Å². The number of nitrogen functional groups attached to an aromatic ring is 1. The normalized spacial score (nSPS) is 11.5. The first-order chi connectivity index (χ1) is 10.2. The lowest BCUT2D eigenvalue weighted by molar-refractivity contribution is -0.141. The second kappa shape index (κ2) is 6.09. The molecule has 0 saturated carbocycles. The number of hydrogen-bond donors (Lipinski definition) is 2. The average molecular weight is 354 g/mol. The van der Waals surface area contributed by atoms with Crippen molar-refractivity contribution in [1.29, 1.82) is 0 Å². The Bertz CT molecular complexity index is 717. The highest BCUT2D eigenvalue weighted by atomic mass is 35.5. The number of aromatic nitrogens is 1. The zero-order valence-electron chi connectivity index (χ0n) is 10.7. The fraction of sp³-hybridized carbons (Fsp3) is 0.167. The van der Waals surface area contributed by atoms with Gasteiger partial charge in [0.2, 0.25) is 0 Å². The lowest BCUT2D eigenvalue weighted by Crippen LogP contribution is -2.25. The van der Waals surface area contributed by atoms with Crippen LogP contribution in [-0.2, 0) is 12.7 Å². The van der Waals surface area contributed by atoms with Crippen LogP contribution in [0.15, 0.2) is 18.2 Å². The van der Waals surface area contributed by atoms with E-state index >= 15 is 0 Å². The highest BCUT2D eigenvalue weighted by Gasteiger charge is 2.39. The van der Waals surface area contributed by atoms with Gasteiger partial charge in [0.25, 0.3) is 5.91 Å². The number of nitrogens with zero attached hydrogens (tertiary/aromatic N) is 1. The van der Waals surface area contributed by atoms with Crippen LogP contribution in [0.25, 0.3) is 0 Å². The van der Waals surface area contributed by atoms with Gasteiger partial charge in [-0.05, 0) is 11.6 Å². The van der Waals surface area contributed by atoms with Crippen molar-refractivity contribution < 1.29 is 22.4 Å². The number of benzene rings is 1. The van der Waals surface area contributed by atoms with Crippen molar-refractivity contribution in [2.24, 2.45) is 0 Å². The molecule has 0 radical (unpaired) electrons. The predicted octanol–water partition coefficient (Wildman–Crippen LogP) is 3.47. The quantitative estimate of drug-likeness (QED) is 0.830. The summed E-state index contributed by atoms with van der Waals surface area (Å²) < 4.78 is 51.5. The molecule has 0 fully saturated rings. The van der Waals surface area contributed by atoms with E-state index in [0.29, 0.717) is 11.3 Å². The maximum atomic E-state index is 13.2. The second-order valence-electron chi connectivity index (χ2n) is 4.12. The number of nitrogens with two attached hydrogens (primary N) is 1. The molecule has 1 heterocycles. The minimum atomic E-state index is -4.79. The van der Waals surface area contributed by atoms with Gasteiger partial charge in [-0.1, -0.05) is 35.1 Å². The highest BCUT2D eigenvalue weighted by Crippen LogP contribution is 2.35. The van der Waals surface area contributed by atoms with Gasteiger partial charge in [0.05, 0.1) is 5.02 Å². The number of thiazole rings is 1. The van der Waals surface area contributed by atoms with Gasteiger partial charge in [0.1, 0.15) is 10.7 Å². The maximum absolute atomic E-state index is 13.2. The van der Waals surface area contributed by atoms with Gasteiger partial charge in [-0.15, -0.1) is 0 Å². The molecule has 3 N–H and O–H groups in total. The molecule has 1 aromatic carbocycles. The Balaban J connectivity index is 2.18. The molecule has 0 aliphatic heterocycles. The van der Waals surface area contributed by atoms with E-state index in [1.807, 2.05) is 0 Å². The molecule has 0 atom stereocenters. The summed E-state index contributed by atoms with van der Waals surface area (Å²) in [5.41, 5.74) is 4.11. The predicted molar refractivity (Wildman–Crippen MR) is 74.1 cm³/mol. The van der Waals surface area contributed by atoms with Crippen molar-refractivity contribution in [2.75, 3.05) is 5.73 Å². The van der Waals surface area contributed by atoms with Crippen molar-refractivity contribution in [3.63, 3.8) is 0 Å². The molecule has 1 aromatic heterocycles. The number of amides is 1. The Morgan fingerprint density at radius 3 is 2.73 bits per heavy atom. The van der Waals surface area contributed by atoms with Crippen molar-refractivity contribution in [3.05, 3.63) is 45.2 Å². The summed E-state index contributed by atoms with van der Waals surface area (Å²) in [5.74, 6) is -1.70. The molecule has 0 bridgehead atoms. The summed E-state index contributed by atoms with van der Waals surface area (Å²) >= 11 is 6.11. The third kappa shape index (κ3) is 3.47. The Kier molecular flexibility index (Phi) is 4.57. The van der Waals surface area contributed by atoms with Gasteiger partial charge in [0, 0.05) is 6.54 Å². The molecule has 118 valence electrons. The lowest BCUT2D eigenvalue weighted by atomic mass is 10.2. The smallest absolute Gasteiger partial charge is 0.375 e. The summed E-state index contributed by atoms with van der Waals surface area (Å²) in [5, 5.41) is 1.65. The van der Waals surface area contributed by atoms with Crippen molar-refractivity contribution in [3.8, 4) is 0 Å². The van der Waals surface area contributed by atoms with Crippen LogP contribution in [0.5, 0.6) is 0 Å². The Morgan fingerprint density at radius 1 is 1.41 bits per heavy atom. The average Bonchev–Trinajstić information content (AvgIpc) is 2.82. The molecule has 22 heavy (non-hydrogen) atoms. The minimum absolute atomic E-state index is 0.206. The zero-order valence-corrected chi connectivity index (χ0v) is 12.2. The minimum Gasteiger partial charge on any atom is -0.375 e. The Labute approximate surface area is 130 Å². The number of anilines is 1. The largest absolute Gasteiger partial charge is 0.435 e. The number of hydrogen-bond acceptors (Lipinski definition) is 4. The van der Waals surface area contributed by atoms with Crippen LogP contribution in [0.4, 0.5) is 22.7 Å². The van der Waals surface area contributed by atoms with E-state index in [0.717, 1.165) is 6.07 Å². The van der Waals surface area contributed by atoms with Crippen LogP contribution in [0.1, 0.15) is 20.9 Å². The van der Waals surface area contributed by atoms with Crippen LogP contribution < -0.4 is 11.1 Å². The molecule has 0 saturated heterocycles. The summed E-state index contributed by atoms with van der Waals surface area (Å²) in [6.07, 6.45) is -4.79. The van der Waals surface area contributed by atoms with Gasteiger partial charge in [-0.2, -0.15) is 13.2 Å². The van der Waals surface area contributed by atoms with Crippen LogP contribution in [0, 0.1) is 5.82 Å². The third-order valence-electron chi connectivity index (χ3n) is 2.59. The first-order valence-electron chi connectivity index (χ1n) is 5.74. The van der Waals surface area contributed by atoms with Crippen molar-refractivity contribution in [2.45, 2.75) is 12.7 Å². The fourth-order valence-corrected chi connectivity index (χ4v) is 2.59. The molecule has 2 aromatic rings. The monoisotopic (exact) mass is 353 g/mol. The molecule has 10 heteroatoms. The molecule has 0 spiro atoms. The van der Waals surface area contributed by atoms with E-state index in [1.165, 1.54) is 12.1 Å². The van der Waals surface area contributed by atoms with E-state index in [4.69, 9.17) is 17.3 Å². The Hall–Kier alpha value is -1.87. The topological polar surface area (TPSA) is 68.0 Å². The third-order valence-corrected chi connectivity index (χ3v) is 3.90.